The van der Waals surface area contributed by atoms with E-state index in [4.69, 9.17) is 5.73 Å². The largest absolute Gasteiger partial charge is 0.418 e. The van der Waals surface area contributed by atoms with Gasteiger partial charge in [0, 0.05) is 38.4 Å². The number of carbonyl (C=O) groups excluding carboxylic acids is 1. The van der Waals surface area contributed by atoms with Crippen molar-refractivity contribution in [3.63, 3.8) is 0 Å². The molecule has 0 atom stereocenters. The van der Waals surface area contributed by atoms with Gasteiger partial charge in [-0.15, -0.1) is 0 Å². The van der Waals surface area contributed by atoms with Crippen LogP contribution >= 0.6 is 0 Å². The molecule has 1 aromatic rings. The van der Waals surface area contributed by atoms with Crippen LogP contribution in [0.1, 0.15) is 12.0 Å². The van der Waals surface area contributed by atoms with Gasteiger partial charge in [-0.25, -0.2) is 0 Å². The van der Waals surface area contributed by atoms with Gasteiger partial charge in [0.1, 0.15) is 0 Å². The molecule has 19 heavy (non-hydrogen) atoms. The van der Waals surface area contributed by atoms with Crippen LogP contribution < -0.4 is 16.0 Å². The van der Waals surface area contributed by atoms with E-state index in [1.807, 2.05) is 0 Å². The van der Waals surface area contributed by atoms with E-state index in [-0.39, 0.29) is 18.0 Å². The molecule has 0 unspecified atom stereocenters. The fourth-order valence-electron chi connectivity index (χ4n) is 1.55. The molecular formula is C12H16F3N3O. The lowest BCUT2D eigenvalue weighted by Crippen LogP contribution is -2.26. The quantitative estimate of drug-likeness (QED) is 0.825. The normalized spacial score (nSPS) is 11.2. The van der Waals surface area contributed by atoms with Crippen molar-refractivity contribution in [3.05, 3.63) is 23.8 Å². The maximum absolute atomic E-state index is 12.7. The second-order valence-corrected chi connectivity index (χ2v) is 4.11. The summed E-state index contributed by atoms with van der Waals surface area (Å²) in [5, 5.41) is 2.45. The van der Waals surface area contributed by atoms with Crippen molar-refractivity contribution >= 4 is 17.3 Å². The Balaban J connectivity index is 2.87. The number of hydrogen-bond donors (Lipinski definition) is 2. The summed E-state index contributed by atoms with van der Waals surface area (Å²) in [6.07, 6.45) is -4.28. The minimum Gasteiger partial charge on any atom is -0.398 e. The van der Waals surface area contributed by atoms with Crippen LogP contribution in [-0.2, 0) is 11.0 Å². The van der Waals surface area contributed by atoms with Crippen LogP contribution in [0.5, 0.6) is 0 Å². The molecule has 0 fully saturated rings. The number of hydrogen-bond acceptors (Lipinski definition) is 3. The first-order chi connectivity index (χ1) is 8.75. The Labute approximate surface area is 109 Å². The minimum atomic E-state index is -4.48. The molecule has 1 rings (SSSR count). The molecule has 0 radical (unpaired) electrons. The summed E-state index contributed by atoms with van der Waals surface area (Å²) in [4.78, 5) is 12.7. The number of nitrogens with one attached hydrogen (secondary N) is 1. The lowest BCUT2D eigenvalue weighted by atomic mass is 10.1. The maximum Gasteiger partial charge on any atom is 0.418 e. The first-order valence-electron chi connectivity index (χ1n) is 5.64. The summed E-state index contributed by atoms with van der Waals surface area (Å²) in [5.41, 5.74) is 4.51. The molecule has 0 aliphatic heterocycles. The van der Waals surface area contributed by atoms with Gasteiger partial charge in [0.05, 0.1) is 5.56 Å². The molecule has 3 N–H and O–H groups in total. The third kappa shape index (κ3) is 4.04. The van der Waals surface area contributed by atoms with Crippen molar-refractivity contribution in [1.29, 1.82) is 0 Å². The van der Waals surface area contributed by atoms with E-state index in [9.17, 15) is 18.0 Å². The highest BCUT2D eigenvalue weighted by Gasteiger charge is 2.33. The van der Waals surface area contributed by atoms with Gasteiger partial charge in [0.15, 0.2) is 0 Å². The molecule has 4 nitrogen and oxygen atoms in total. The number of alkyl halides is 3. The standard InChI is InChI=1S/C12H16F3N3O/c1-17-11(19)5-6-18(2)8-3-4-10(16)9(7-8)12(13,14)15/h3-4,7H,5-6,16H2,1-2H3,(H,17,19). The molecule has 0 bridgehead atoms. The van der Waals surface area contributed by atoms with Crippen molar-refractivity contribution in [1.82, 2.24) is 5.32 Å². The number of anilines is 2. The molecule has 0 saturated heterocycles. The third-order valence-electron chi connectivity index (χ3n) is 2.74. The Bertz CT molecular complexity index is 460. The van der Waals surface area contributed by atoms with E-state index in [0.29, 0.717) is 12.2 Å². The third-order valence-corrected chi connectivity index (χ3v) is 2.74. The molecule has 0 aliphatic carbocycles. The van der Waals surface area contributed by atoms with E-state index in [1.54, 1.807) is 11.9 Å². The predicted molar refractivity (Wildman–Crippen MR) is 67.8 cm³/mol. The zero-order valence-corrected chi connectivity index (χ0v) is 10.7. The lowest BCUT2D eigenvalue weighted by Gasteiger charge is -2.21. The Hall–Kier alpha value is -1.92. The van der Waals surface area contributed by atoms with Crippen LogP contribution in [0.4, 0.5) is 24.5 Å². The monoisotopic (exact) mass is 275 g/mol. The van der Waals surface area contributed by atoms with Crippen LogP contribution in [-0.4, -0.2) is 26.5 Å². The SMILES string of the molecule is CNC(=O)CCN(C)c1ccc(N)c(C(F)(F)F)c1. The van der Waals surface area contributed by atoms with E-state index in [2.05, 4.69) is 5.32 Å². The van der Waals surface area contributed by atoms with Crippen LogP contribution in [0.25, 0.3) is 0 Å². The number of nitrogen functional groups attached to an aromatic ring is 1. The van der Waals surface area contributed by atoms with Gasteiger partial charge in [-0.2, -0.15) is 13.2 Å². The van der Waals surface area contributed by atoms with Crippen molar-refractivity contribution in [3.8, 4) is 0 Å². The smallest absolute Gasteiger partial charge is 0.398 e. The first kappa shape index (κ1) is 15.1. The average Bonchev–Trinajstić information content (AvgIpc) is 2.34. The van der Waals surface area contributed by atoms with Crippen LogP contribution in [0.2, 0.25) is 0 Å². The summed E-state index contributed by atoms with van der Waals surface area (Å²) in [6, 6.07) is 3.70. The summed E-state index contributed by atoms with van der Waals surface area (Å²) < 4.78 is 38.1. The van der Waals surface area contributed by atoms with Gasteiger partial charge in [0.25, 0.3) is 0 Å². The number of nitrogens with zero attached hydrogens (tertiary/aromatic N) is 1. The summed E-state index contributed by atoms with van der Waals surface area (Å²) in [7, 11) is 3.13. The van der Waals surface area contributed by atoms with Gasteiger partial charge < -0.3 is 16.0 Å². The zero-order chi connectivity index (χ0) is 14.6. The van der Waals surface area contributed by atoms with Gasteiger partial charge >= 0.3 is 6.18 Å². The summed E-state index contributed by atoms with van der Waals surface area (Å²) in [5.74, 6) is -0.168. The van der Waals surface area contributed by atoms with Crippen molar-refractivity contribution in [2.75, 3.05) is 31.3 Å². The molecule has 0 heterocycles. The Morgan fingerprint density at radius 2 is 2.05 bits per heavy atom. The number of halogens is 3. The van der Waals surface area contributed by atoms with Crippen molar-refractivity contribution in [2.45, 2.75) is 12.6 Å². The van der Waals surface area contributed by atoms with Crippen LogP contribution in [0.3, 0.4) is 0 Å². The van der Waals surface area contributed by atoms with E-state index >= 15 is 0 Å². The lowest BCUT2D eigenvalue weighted by molar-refractivity contribution is -0.136. The molecule has 0 spiro atoms. The van der Waals surface area contributed by atoms with Gasteiger partial charge in [0.2, 0.25) is 5.91 Å². The number of nitrogens with two attached hydrogens (primary N) is 1. The molecular weight excluding hydrogens is 259 g/mol. The van der Waals surface area contributed by atoms with E-state index in [1.165, 1.54) is 19.2 Å². The zero-order valence-electron chi connectivity index (χ0n) is 10.7. The van der Waals surface area contributed by atoms with Gasteiger partial charge in [-0.1, -0.05) is 0 Å². The first-order valence-corrected chi connectivity index (χ1v) is 5.64. The average molecular weight is 275 g/mol. The second kappa shape index (κ2) is 5.81. The predicted octanol–water partition coefficient (Wildman–Crippen LogP) is 1.86. The van der Waals surface area contributed by atoms with Gasteiger partial charge in [-0.3, -0.25) is 4.79 Å². The fraction of sp³-hybridized carbons (Fsp3) is 0.417. The molecule has 1 aromatic carbocycles. The second-order valence-electron chi connectivity index (χ2n) is 4.11. The highest BCUT2D eigenvalue weighted by atomic mass is 19.4. The van der Waals surface area contributed by atoms with Gasteiger partial charge in [-0.05, 0) is 18.2 Å². The molecule has 7 heteroatoms. The molecule has 1 amide bonds. The van der Waals surface area contributed by atoms with E-state index < -0.39 is 11.7 Å². The Morgan fingerprint density at radius 1 is 1.42 bits per heavy atom. The molecule has 0 aromatic heterocycles. The topological polar surface area (TPSA) is 58.4 Å². The summed E-state index contributed by atoms with van der Waals surface area (Å²) >= 11 is 0. The highest BCUT2D eigenvalue weighted by molar-refractivity contribution is 5.76. The maximum atomic E-state index is 12.7. The Kier molecular flexibility index (Phi) is 4.63. The molecule has 0 aliphatic rings. The number of benzene rings is 1. The van der Waals surface area contributed by atoms with Crippen LogP contribution in [0, 0.1) is 0 Å². The van der Waals surface area contributed by atoms with Crippen molar-refractivity contribution in [2.24, 2.45) is 0 Å². The Morgan fingerprint density at radius 3 is 2.58 bits per heavy atom. The molecule has 0 saturated carbocycles. The number of rotatable bonds is 4. The number of amides is 1. The van der Waals surface area contributed by atoms with E-state index in [0.717, 1.165) is 6.07 Å². The molecule has 106 valence electrons. The summed E-state index contributed by atoms with van der Waals surface area (Å²) in [6.45, 7) is 0.320. The highest BCUT2D eigenvalue weighted by Crippen LogP contribution is 2.35. The number of carbonyl (C=O) groups is 1. The minimum absolute atomic E-state index is 0.168. The fourth-order valence-corrected chi connectivity index (χ4v) is 1.55. The van der Waals surface area contributed by atoms with Crippen molar-refractivity contribution < 1.29 is 18.0 Å². The van der Waals surface area contributed by atoms with Crippen LogP contribution in [0.15, 0.2) is 18.2 Å².